The van der Waals surface area contributed by atoms with Gasteiger partial charge in [-0.3, -0.25) is 14.5 Å². The third kappa shape index (κ3) is 4.09. The van der Waals surface area contributed by atoms with Gasteiger partial charge in [0.1, 0.15) is 12.4 Å². The van der Waals surface area contributed by atoms with E-state index in [4.69, 9.17) is 4.74 Å². The number of amides is 2. The maximum atomic E-state index is 12.9. The normalized spacial score (nSPS) is 14.1. The number of ether oxygens (including phenoxy) is 1. The van der Waals surface area contributed by atoms with Crippen molar-refractivity contribution in [1.82, 2.24) is 19.7 Å². The molecule has 8 nitrogen and oxygen atoms in total. The lowest BCUT2D eigenvalue weighted by molar-refractivity contribution is -0.150. The maximum absolute atomic E-state index is 12.9. The molecule has 2 aromatic carbocycles. The minimum atomic E-state index is -1.01. The molecule has 1 aromatic heterocycles. The van der Waals surface area contributed by atoms with Crippen LogP contribution in [0.2, 0.25) is 0 Å². The lowest BCUT2D eigenvalue weighted by Crippen LogP contribution is -2.46. The zero-order chi connectivity index (χ0) is 22.0. The SMILES string of the molecule is CC(C)CC(C(=O)OCc1ncn(-c2ccccc2)n1)N1C(=O)c2ccccc2C1=O. The third-order valence-electron chi connectivity index (χ3n) is 5.01. The molecule has 3 aromatic rings. The lowest BCUT2D eigenvalue weighted by Gasteiger charge is -2.25. The van der Waals surface area contributed by atoms with E-state index in [0.29, 0.717) is 23.4 Å². The van der Waals surface area contributed by atoms with Crippen molar-refractivity contribution in [3.63, 3.8) is 0 Å². The van der Waals surface area contributed by atoms with Gasteiger partial charge in [0.25, 0.3) is 11.8 Å². The fourth-order valence-electron chi connectivity index (χ4n) is 3.54. The molecule has 31 heavy (non-hydrogen) atoms. The molecule has 1 atom stereocenters. The van der Waals surface area contributed by atoms with Gasteiger partial charge in [-0.2, -0.15) is 0 Å². The van der Waals surface area contributed by atoms with Gasteiger partial charge in [-0.25, -0.2) is 14.5 Å². The van der Waals surface area contributed by atoms with Crippen molar-refractivity contribution >= 4 is 17.8 Å². The first-order chi connectivity index (χ1) is 15.0. The van der Waals surface area contributed by atoms with Gasteiger partial charge >= 0.3 is 5.97 Å². The highest BCUT2D eigenvalue weighted by Crippen LogP contribution is 2.27. The maximum Gasteiger partial charge on any atom is 0.329 e. The molecule has 0 saturated carbocycles. The van der Waals surface area contributed by atoms with E-state index in [0.717, 1.165) is 10.6 Å². The minimum absolute atomic E-state index is 0.0669. The number of hydrogen-bond donors (Lipinski definition) is 0. The minimum Gasteiger partial charge on any atom is -0.456 e. The molecule has 1 unspecified atom stereocenters. The predicted molar refractivity (Wildman–Crippen MR) is 111 cm³/mol. The van der Waals surface area contributed by atoms with Gasteiger partial charge in [-0.1, -0.05) is 44.2 Å². The molecule has 158 valence electrons. The van der Waals surface area contributed by atoms with Gasteiger partial charge < -0.3 is 4.74 Å². The zero-order valence-electron chi connectivity index (χ0n) is 17.3. The number of aromatic nitrogens is 3. The largest absolute Gasteiger partial charge is 0.456 e. The molecule has 0 spiro atoms. The van der Waals surface area contributed by atoms with Crippen molar-refractivity contribution < 1.29 is 19.1 Å². The lowest BCUT2D eigenvalue weighted by atomic mass is 10.0. The highest BCUT2D eigenvalue weighted by molar-refractivity contribution is 6.22. The Morgan fingerprint density at radius 1 is 0.968 bits per heavy atom. The van der Waals surface area contributed by atoms with Gasteiger partial charge in [0, 0.05) is 0 Å². The summed E-state index contributed by atoms with van der Waals surface area (Å²) < 4.78 is 7.01. The fraction of sp³-hybridized carbons (Fsp3) is 0.261. The Balaban J connectivity index is 1.49. The second-order valence-electron chi connectivity index (χ2n) is 7.72. The van der Waals surface area contributed by atoms with Crippen LogP contribution in [0.3, 0.4) is 0 Å². The first-order valence-corrected chi connectivity index (χ1v) is 10.0. The number of hydrogen-bond acceptors (Lipinski definition) is 6. The fourth-order valence-corrected chi connectivity index (χ4v) is 3.54. The van der Waals surface area contributed by atoms with Crippen LogP contribution in [0.1, 0.15) is 46.8 Å². The summed E-state index contributed by atoms with van der Waals surface area (Å²) in [6, 6.07) is 15.0. The highest BCUT2D eigenvalue weighted by Gasteiger charge is 2.43. The monoisotopic (exact) mass is 418 g/mol. The van der Waals surface area contributed by atoms with Crippen molar-refractivity contribution in [2.75, 3.05) is 0 Å². The average molecular weight is 418 g/mol. The van der Waals surface area contributed by atoms with E-state index in [2.05, 4.69) is 10.1 Å². The number of fused-ring (bicyclic) bond motifs is 1. The quantitative estimate of drug-likeness (QED) is 0.432. The molecule has 4 rings (SSSR count). The van der Waals surface area contributed by atoms with Gasteiger partial charge in [-0.15, -0.1) is 5.10 Å². The van der Waals surface area contributed by atoms with Crippen LogP contribution < -0.4 is 0 Å². The van der Waals surface area contributed by atoms with Crippen molar-refractivity contribution in [1.29, 1.82) is 0 Å². The topological polar surface area (TPSA) is 94.4 Å². The summed E-state index contributed by atoms with van der Waals surface area (Å²) in [5.74, 6) is -1.22. The van der Waals surface area contributed by atoms with Crippen molar-refractivity contribution in [2.45, 2.75) is 32.9 Å². The van der Waals surface area contributed by atoms with E-state index in [1.54, 1.807) is 28.9 Å². The number of nitrogens with zero attached hydrogens (tertiary/aromatic N) is 4. The van der Waals surface area contributed by atoms with Gasteiger partial charge in [0.15, 0.2) is 12.4 Å². The Morgan fingerprint density at radius 2 is 1.58 bits per heavy atom. The summed E-state index contributed by atoms with van der Waals surface area (Å²) in [6.07, 6.45) is 1.84. The molecule has 0 aliphatic carbocycles. The Kier molecular flexibility index (Phi) is 5.62. The second-order valence-corrected chi connectivity index (χ2v) is 7.72. The van der Waals surface area contributed by atoms with Crippen LogP contribution in [0.25, 0.3) is 5.69 Å². The van der Waals surface area contributed by atoms with Crippen molar-refractivity contribution in [2.24, 2.45) is 5.92 Å². The smallest absolute Gasteiger partial charge is 0.329 e. The highest BCUT2D eigenvalue weighted by atomic mass is 16.5. The van der Waals surface area contributed by atoms with Crippen LogP contribution in [0.4, 0.5) is 0 Å². The van der Waals surface area contributed by atoms with E-state index in [-0.39, 0.29) is 12.5 Å². The van der Waals surface area contributed by atoms with Gasteiger partial charge in [0.05, 0.1) is 16.8 Å². The van der Waals surface area contributed by atoms with E-state index in [1.807, 2.05) is 44.2 Å². The molecule has 0 fully saturated rings. The summed E-state index contributed by atoms with van der Waals surface area (Å²) in [5, 5.41) is 4.31. The van der Waals surface area contributed by atoms with Crippen molar-refractivity contribution in [3.05, 3.63) is 77.9 Å². The van der Waals surface area contributed by atoms with Crippen LogP contribution in [0.15, 0.2) is 60.9 Å². The molecule has 2 amide bonds. The number of esters is 1. The number of carbonyl (C=O) groups excluding carboxylic acids is 3. The van der Waals surface area contributed by atoms with E-state index in [1.165, 1.54) is 6.33 Å². The molecule has 2 heterocycles. The van der Waals surface area contributed by atoms with Crippen LogP contribution in [-0.2, 0) is 16.1 Å². The summed E-state index contributed by atoms with van der Waals surface area (Å²) in [7, 11) is 0. The molecule has 1 aliphatic heterocycles. The molecule has 0 N–H and O–H groups in total. The summed E-state index contributed by atoms with van der Waals surface area (Å²) in [5.41, 5.74) is 1.44. The van der Waals surface area contributed by atoms with Crippen molar-refractivity contribution in [3.8, 4) is 5.69 Å². The standard InChI is InChI=1S/C23H22N4O4/c1-15(2)12-19(27-21(28)17-10-6-7-11-18(17)22(27)29)23(30)31-13-20-24-14-26(25-20)16-8-4-3-5-9-16/h3-11,14-15,19H,12-13H2,1-2H3. The number of carbonyl (C=O) groups is 3. The number of imide groups is 1. The van der Waals surface area contributed by atoms with E-state index >= 15 is 0 Å². The molecule has 0 bridgehead atoms. The third-order valence-corrected chi connectivity index (χ3v) is 5.01. The number of benzene rings is 2. The molecule has 8 heteroatoms. The Labute approximate surface area is 179 Å². The summed E-state index contributed by atoms with van der Waals surface area (Å²) in [4.78, 5) is 43.8. The van der Waals surface area contributed by atoms with E-state index < -0.39 is 23.8 Å². The predicted octanol–water partition coefficient (Wildman–Crippen LogP) is 3.02. The first kappa shape index (κ1) is 20.5. The number of rotatable bonds is 7. The van der Waals surface area contributed by atoms with Gasteiger partial charge in [0.2, 0.25) is 0 Å². The average Bonchev–Trinajstić information content (AvgIpc) is 3.35. The van der Waals surface area contributed by atoms with Crippen LogP contribution in [0.5, 0.6) is 0 Å². The Morgan fingerprint density at radius 3 is 2.19 bits per heavy atom. The van der Waals surface area contributed by atoms with Crippen LogP contribution in [0, 0.1) is 5.92 Å². The van der Waals surface area contributed by atoms with E-state index in [9.17, 15) is 14.4 Å². The number of para-hydroxylation sites is 1. The first-order valence-electron chi connectivity index (χ1n) is 10.0. The summed E-state index contributed by atoms with van der Waals surface area (Å²) in [6.45, 7) is 3.68. The van der Waals surface area contributed by atoms with Crippen LogP contribution in [-0.4, -0.2) is 43.5 Å². The van der Waals surface area contributed by atoms with Gasteiger partial charge in [-0.05, 0) is 36.6 Å². The molecule has 0 saturated heterocycles. The zero-order valence-corrected chi connectivity index (χ0v) is 17.3. The van der Waals surface area contributed by atoms with Crippen LogP contribution >= 0.6 is 0 Å². The summed E-state index contributed by atoms with van der Waals surface area (Å²) >= 11 is 0. The second kappa shape index (κ2) is 8.51. The Bertz CT molecular complexity index is 1090. The molecule has 0 radical (unpaired) electrons. The molecule has 1 aliphatic rings. The Hall–Kier alpha value is -3.81. The molecular formula is C23H22N4O4. The molecular weight excluding hydrogens is 396 g/mol.